The molecule has 1 aliphatic rings. The molecule has 0 atom stereocenters. The first-order valence-corrected chi connectivity index (χ1v) is 10.8. The van der Waals surface area contributed by atoms with Gasteiger partial charge in [-0.2, -0.15) is 0 Å². The van der Waals surface area contributed by atoms with Gasteiger partial charge in [0.25, 0.3) is 0 Å². The second-order valence-electron chi connectivity index (χ2n) is 5.90. The van der Waals surface area contributed by atoms with E-state index in [0.29, 0.717) is 21.4 Å². The molecule has 0 fully saturated rings. The van der Waals surface area contributed by atoms with Crippen molar-refractivity contribution in [2.75, 3.05) is 10.7 Å². The van der Waals surface area contributed by atoms with Crippen molar-refractivity contribution in [1.29, 1.82) is 0 Å². The quantitative estimate of drug-likeness (QED) is 0.431. The van der Waals surface area contributed by atoms with Crippen LogP contribution in [0.4, 0.5) is 11.4 Å². The number of nitrogens with zero attached hydrogens (tertiary/aromatic N) is 2. The van der Waals surface area contributed by atoms with Crippen molar-refractivity contribution in [3.8, 4) is 0 Å². The highest BCUT2D eigenvalue weighted by molar-refractivity contribution is 8.14. The number of carbonyl (C=O) groups is 1. The Bertz CT molecular complexity index is 998. The molecule has 0 unspecified atom stereocenters. The molecule has 136 valence electrons. The minimum absolute atomic E-state index is 0.0477. The van der Waals surface area contributed by atoms with Gasteiger partial charge in [-0.1, -0.05) is 35.0 Å². The fraction of sp³-hybridized carbons (Fsp3) is 0.100. The number of hydrogen-bond acceptors (Lipinski definition) is 5. The third-order valence-corrected chi connectivity index (χ3v) is 6.48. The molecule has 27 heavy (non-hydrogen) atoms. The van der Waals surface area contributed by atoms with Crippen molar-refractivity contribution < 1.29 is 4.79 Å². The molecule has 3 nitrogen and oxygen atoms in total. The molecule has 0 saturated heterocycles. The normalized spacial score (nSPS) is 13.3. The Morgan fingerprint density at radius 3 is 2.41 bits per heavy atom. The average Bonchev–Trinajstić information content (AvgIpc) is 3.14. The number of aliphatic imine (C=N–C) groups is 1. The summed E-state index contributed by atoms with van der Waals surface area (Å²) in [5.41, 5.74) is 2.63. The van der Waals surface area contributed by atoms with Crippen LogP contribution in [0.2, 0.25) is 10.0 Å². The van der Waals surface area contributed by atoms with Crippen molar-refractivity contribution in [1.82, 2.24) is 0 Å². The zero-order valence-corrected chi connectivity index (χ0v) is 17.2. The third kappa shape index (κ3) is 4.22. The fourth-order valence-corrected chi connectivity index (χ4v) is 4.68. The summed E-state index contributed by atoms with van der Waals surface area (Å²) in [6.07, 6.45) is 0. The van der Waals surface area contributed by atoms with Gasteiger partial charge in [-0.3, -0.25) is 4.79 Å². The highest BCUT2D eigenvalue weighted by Gasteiger charge is 2.23. The van der Waals surface area contributed by atoms with Crippen LogP contribution in [0.15, 0.2) is 65.0 Å². The molecular formula is C20H14Cl2N2OS2. The number of thiophene rings is 1. The summed E-state index contributed by atoms with van der Waals surface area (Å²) in [6, 6.07) is 16.6. The molecule has 0 radical (unpaired) electrons. The fourth-order valence-electron chi connectivity index (χ4n) is 2.71. The highest BCUT2D eigenvalue weighted by atomic mass is 35.5. The predicted molar refractivity (Wildman–Crippen MR) is 117 cm³/mol. The number of hydrogen-bond donors (Lipinski definition) is 0. The number of amidine groups is 1. The lowest BCUT2D eigenvalue weighted by atomic mass is 10.1. The van der Waals surface area contributed by atoms with Gasteiger partial charge >= 0.3 is 0 Å². The Hall–Kier alpha value is -1.79. The number of thioether (sulfide) groups is 1. The summed E-state index contributed by atoms with van der Waals surface area (Å²) in [5, 5.41) is 4.16. The number of halogens is 2. The molecule has 2 heterocycles. The third-order valence-electron chi connectivity index (χ3n) is 4.11. The molecule has 0 amide bonds. The molecule has 2 aromatic carbocycles. The van der Waals surface area contributed by atoms with Crippen LogP contribution in [0.25, 0.3) is 0 Å². The van der Waals surface area contributed by atoms with Crippen molar-refractivity contribution in [2.24, 2.45) is 4.99 Å². The second kappa shape index (κ2) is 8.07. The maximum absolute atomic E-state index is 12.5. The van der Waals surface area contributed by atoms with Gasteiger partial charge in [-0.05, 0) is 60.0 Å². The zero-order valence-electron chi connectivity index (χ0n) is 14.1. The maximum atomic E-state index is 12.5. The lowest BCUT2D eigenvalue weighted by molar-refractivity contribution is 0.102. The highest BCUT2D eigenvalue weighted by Crippen LogP contribution is 2.36. The molecule has 4 rings (SSSR count). The van der Waals surface area contributed by atoms with E-state index in [4.69, 9.17) is 28.2 Å². The number of carbonyl (C=O) groups excluding carboxylic acids is 1. The summed E-state index contributed by atoms with van der Waals surface area (Å²) in [4.78, 5) is 20.6. The maximum Gasteiger partial charge on any atom is 0.173 e. The lowest BCUT2D eigenvalue weighted by Gasteiger charge is -2.28. The van der Waals surface area contributed by atoms with Crippen LogP contribution in [-0.4, -0.2) is 16.7 Å². The number of ketones is 1. The van der Waals surface area contributed by atoms with Gasteiger partial charge in [0.15, 0.2) is 11.0 Å². The molecule has 1 aromatic heterocycles. The Balaban J connectivity index is 1.56. The summed E-state index contributed by atoms with van der Waals surface area (Å²) in [7, 11) is 0. The number of anilines is 1. The first-order chi connectivity index (χ1) is 13.1. The Morgan fingerprint density at radius 2 is 1.70 bits per heavy atom. The van der Waals surface area contributed by atoms with Crippen LogP contribution >= 0.6 is 46.3 Å². The molecule has 0 bridgehead atoms. The molecule has 0 spiro atoms. The Labute approximate surface area is 175 Å². The minimum Gasteiger partial charge on any atom is -0.316 e. The SMILES string of the molecule is O=C(CSC1=Nc2ccsc2CN1c1ccc(Cl)cc1)c1ccc(Cl)cc1. The second-order valence-corrected chi connectivity index (χ2v) is 8.72. The largest absolute Gasteiger partial charge is 0.316 e. The van der Waals surface area contributed by atoms with Gasteiger partial charge in [-0.25, -0.2) is 4.99 Å². The van der Waals surface area contributed by atoms with E-state index in [2.05, 4.69) is 4.90 Å². The van der Waals surface area contributed by atoms with Gasteiger partial charge in [0, 0.05) is 21.3 Å². The van der Waals surface area contributed by atoms with Crippen LogP contribution < -0.4 is 4.90 Å². The van der Waals surface area contributed by atoms with Gasteiger partial charge in [0.05, 0.1) is 22.9 Å². The number of Topliss-reactive ketones (excluding diaryl/α,β-unsaturated/α-hetero) is 1. The average molecular weight is 433 g/mol. The van der Waals surface area contributed by atoms with E-state index < -0.39 is 0 Å². The van der Waals surface area contributed by atoms with Crippen LogP contribution in [0.3, 0.4) is 0 Å². The topological polar surface area (TPSA) is 32.7 Å². The summed E-state index contributed by atoms with van der Waals surface area (Å²) in [5.74, 6) is 0.357. The smallest absolute Gasteiger partial charge is 0.173 e. The van der Waals surface area contributed by atoms with Gasteiger partial charge in [0.1, 0.15) is 0 Å². The van der Waals surface area contributed by atoms with E-state index in [1.165, 1.54) is 16.6 Å². The van der Waals surface area contributed by atoms with Crippen molar-refractivity contribution >= 4 is 68.6 Å². The molecule has 0 saturated carbocycles. The number of rotatable bonds is 4. The van der Waals surface area contributed by atoms with Crippen LogP contribution in [0, 0.1) is 0 Å². The number of benzene rings is 2. The van der Waals surface area contributed by atoms with E-state index in [1.54, 1.807) is 35.6 Å². The zero-order chi connectivity index (χ0) is 18.8. The Kier molecular flexibility index (Phi) is 5.55. The van der Waals surface area contributed by atoms with Gasteiger partial charge in [-0.15, -0.1) is 11.3 Å². The predicted octanol–water partition coefficient (Wildman–Crippen LogP) is 6.68. The lowest BCUT2D eigenvalue weighted by Crippen LogP contribution is -2.30. The van der Waals surface area contributed by atoms with E-state index in [1.807, 2.05) is 35.7 Å². The van der Waals surface area contributed by atoms with E-state index in [0.717, 1.165) is 23.1 Å². The number of fused-ring (bicyclic) bond motifs is 1. The van der Waals surface area contributed by atoms with Gasteiger partial charge < -0.3 is 4.90 Å². The first kappa shape index (κ1) is 18.6. The summed E-state index contributed by atoms with van der Waals surface area (Å²) < 4.78 is 0. The monoisotopic (exact) mass is 432 g/mol. The standard InChI is InChI=1S/C20H14Cl2N2OS2/c21-14-3-1-13(2-4-14)18(25)12-27-20-23-17-9-10-26-19(17)11-24(20)16-7-5-15(22)6-8-16/h1-10H,11-12H2. The molecule has 0 aliphatic carbocycles. The first-order valence-electron chi connectivity index (χ1n) is 8.20. The molecule has 0 N–H and O–H groups in total. The van der Waals surface area contributed by atoms with E-state index >= 15 is 0 Å². The minimum atomic E-state index is 0.0477. The Morgan fingerprint density at radius 1 is 1.04 bits per heavy atom. The van der Waals surface area contributed by atoms with Crippen LogP contribution in [-0.2, 0) is 6.54 Å². The molecule has 7 heteroatoms. The van der Waals surface area contributed by atoms with Crippen molar-refractivity contribution in [3.63, 3.8) is 0 Å². The van der Waals surface area contributed by atoms with Gasteiger partial charge in [0.2, 0.25) is 0 Å². The molecule has 1 aliphatic heterocycles. The summed E-state index contributed by atoms with van der Waals surface area (Å²) in [6.45, 7) is 0.732. The van der Waals surface area contributed by atoms with E-state index in [9.17, 15) is 4.79 Å². The van der Waals surface area contributed by atoms with E-state index in [-0.39, 0.29) is 5.78 Å². The van der Waals surface area contributed by atoms with Crippen LogP contribution in [0.5, 0.6) is 0 Å². The van der Waals surface area contributed by atoms with Crippen LogP contribution in [0.1, 0.15) is 15.2 Å². The summed E-state index contributed by atoms with van der Waals surface area (Å²) >= 11 is 15.1. The molecular weight excluding hydrogens is 419 g/mol. The molecule has 3 aromatic rings. The van der Waals surface area contributed by atoms with Crippen molar-refractivity contribution in [2.45, 2.75) is 6.54 Å². The van der Waals surface area contributed by atoms with Crippen molar-refractivity contribution in [3.05, 3.63) is 80.5 Å².